The van der Waals surface area contributed by atoms with Gasteiger partial charge in [0.05, 0.1) is 0 Å². The summed E-state index contributed by atoms with van der Waals surface area (Å²) in [6.45, 7) is 6.78. The van der Waals surface area contributed by atoms with E-state index in [1.165, 1.54) is 11.5 Å². The lowest BCUT2D eigenvalue weighted by Crippen LogP contribution is -2.33. The number of anilines is 1. The molecule has 0 amide bonds. The van der Waals surface area contributed by atoms with Gasteiger partial charge in [-0.15, -0.1) is 0 Å². The quantitative estimate of drug-likeness (QED) is 0.767. The van der Waals surface area contributed by atoms with Crippen LogP contribution < -0.4 is 11.1 Å². The van der Waals surface area contributed by atoms with E-state index < -0.39 is 0 Å². The van der Waals surface area contributed by atoms with Gasteiger partial charge in [0, 0.05) is 24.1 Å². The summed E-state index contributed by atoms with van der Waals surface area (Å²) in [7, 11) is 0. The fourth-order valence-electron chi connectivity index (χ4n) is 1.01. The zero-order valence-electron chi connectivity index (χ0n) is 8.24. The normalized spacial score (nSPS) is 13.3. The SMILES string of the molecule is Cc1nsc(NC(CN)C(C)C)n1. The molecular weight excluding hydrogens is 184 g/mol. The maximum Gasteiger partial charge on any atom is 0.202 e. The van der Waals surface area contributed by atoms with Crippen molar-refractivity contribution in [1.82, 2.24) is 9.36 Å². The van der Waals surface area contributed by atoms with E-state index in [0.29, 0.717) is 12.5 Å². The minimum atomic E-state index is 0.285. The van der Waals surface area contributed by atoms with Crippen LogP contribution in [0.5, 0.6) is 0 Å². The number of nitrogens with zero attached hydrogens (tertiary/aromatic N) is 2. The number of hydrogen-bond acceptors (Lipinski definition) is 5. The lowest BCUT2D eigenvalue weighted by molar-refractivity contribution is 0.531. The van der Waals surface area contributed by atoms with E-state index in [2.05, 4.69) is 28.5 Å². The van der Waals surface area contributed by atoms with Gasteiger partial charge in [-0.1, -0.05) is 13.8 Å². The van der Waals surface area contributed by atoms with Gasteiger partial charge in [0.1, 0.15) is 5.82 Å². The minimum absolute atomic E-state index is 0.285. The molecule has 0 fully saturated rings. The first-order chi connectivity index (χ1) is 6.13. The van der Waals surface area contributed by atoms with Crippen LogP contribution in [0.15, 0.2) is 0 Å². The van der Waals surface area contributed by atoms with E-state index in [9.17, 15) is 0 Å². The lowest BCUT2D eigenvalue weighted by atomic mass is 10.1. The molecule has 1 unspecified atom stereocenters. The largest absolute Gasteiger partial charge is 0.356 e. The molecule has 3 N–H and O–H groups in total. The molecule has 0 bridgehead atoms. The fraction of sp³-hybridized carbons (Fsp3) is 0.750. The van der Waals surface area contributed by atoms with E-state index in [0.717, 1.165) is 11.0 Å². The van der Waals surface area contributed by atoms with Crippen LogP contribution in [-0.2, 0) is 0 Å². The van der Waals surface area contributed by atoms with Gasteiger partial charge >= 0.3 is 0 Å². The molecule has 0 radical (unpaired) electrons. The Balaban J connectivity index is 2.56. The van der Waals surface area contributed by atoms with Gasteiger partial charge < -0.3 is 11.1 Å². The standard InChI is InChI=1S/C8H16N4S/c1-5(2)7(4-9)11-8-10-6(3)12-13-8/h5,7H,4,9H2,1-3H3,(H,10,11,12). The lowest BCUT2D eigenvalue weighted by Gasteiger charge is -2.19. The Labute approximate surface area is 82.7 Å². The molecule has 0 saturated carbocycles. The zero-order valence-corrected chi connectivity index (χ0v) is 9.06. The summed E-state index contributed by atoms with van der Waals surface area (Å²) < 4.78 is 4.09. The monoisotopic (exact) mass is 200 g/mol. The third kappa shape index (κ3) is 2.93. The average Bonchev–Trinajstić information content (AvgIpc) is 2.46. The Morgan fingerprint density at radius 3 is 2.62 bits per heavy atom. The zero-order chi connectivity index (χ0) is 9.84. The van der Waals surface area contributed by atoms with Crippen LogP contribution in [0.2, 0.25) is 0 Å². The van der Waals surface area contributed by atoms with Gasteiger partial charge in [0.15, 0.2) is 0 Å². The molecule has 0 spiro atoms. The molecule has 74 valence electrons. The molecule has 1 atom stereocenters. The van der Waals surface area contributed by atoms with E-state index in [1.54, 1.807) is 0 Å². The highest BCUT2D eigenvalue weighted by Gasteiger charge is 2.12. The van der Waals surface area contributed by atoms with Crippen molar-refractivity contribution >= 4 is 16.7 Å². The van der Waals surface area contributed by atoms with Crippen LogP contribution in [0.1, 0.15) is 19.7 Å². The van der Waals surface area contributed by atoms with Gasteiger partial charge in [-0.05, 0) is 12.8 Å². The summed E-state index contributed by atoms with van der Waals surface area (Å²) in [5.74, 6) is 1.32. The van der Waals surface area contributed by atoms with Gasteiger partial charge in [-0.2, -0.15) is 4.37 Å². The summed E-state index contributed by atoms with van der Waals surface area (Å²) in [6, 6.07) is 0.285. The molecule has 4 nitrogen and oxygen atoms in total. The van der Waals surface area contributed by atoms with Crippen LogP contribution in [0.25, 0.3) is 0 Å². The van der Waals surface area contributed by atoms with Gasteiger partial charge in [-0.25, -0.2) is 4.98 Å². The number of hydrogen-bond donors (Lipinski definition) is 2. The Kier molecular flexibility index (Phi) is 3.62. The molecule has 5 heteroatoms. The molecule has 13 heavy (non-hydrogen) atoms. The predicted octanol–water partition coefficient (Wildman–Crippen LogP) is 1.24. The molecule has 0 saturated heterocycles. The van der Waals surface area contributed by atoms with Crippen LogP contribution in [-0.4, -0.2) is 21.9 Å². The maximum absolute atomic E-state index is 5.62. The first-order valence-electron chi connectivity index (χ1n) is 4.40. The molecular formula is C8H16N4S. The molecule has 0 aliphatic rings. The van der Waals surface area contributed by atoms with Crippen molar-refractivity contribution < 1.29 is 0 Å². The second-order valence-corrected chi connectivity index (χ2v) is 4.13. The molecule has 1 heterocycles. The third-order valence-electron chi connectivity index (χ3n) is 1.90. The van der Waals surface area contributed by atoms with Crippen molar-refractivity contribution in [1.29, 1.82) is 0 Å². The van der Waals surface area contributed by atoms with E-state index in [4.69, 9.17) is 5.73 Å². The highest BCUT2D eigenvalue weighted by Crippen LogP contribution is 2.14. The first-order valence-corrected chi connectivity index (χ1v) is 5.17. The number of aryl methyl sites for hydroxylation is 1. The van der Waals surface area contributed by atoms with Crippen molar-refractivity contribution in [3.63, 3.8) is 0 Å². The Hall–Kier alpha value is -0.680. The predicted molar refractivity (Wildman–Crippen MR) is 55.9 cm³/mol. The molecule has 1 aromatic heterocycles. The number of nitrogens with one attached hydrogen (secondary N) is 1. The minimum Gasteiger partial charge on any atom is -0.356 e. The van der Waals surface area contributed by atoms with Gasteiger partial charge in [0.25, 0.3) is 0 Å². The van der Waals surface area contributed by atoms with Crippen molar-refractivity contribution in [3.05, 3.63) is 5.82 Å². The molecule has 1 aromatic rings. The highest BCUT2D eigenvalue weighted by molar-refractivity contribution is 7.09. The molecule has 0 aliphatic carbocycles. The van der Waals surface area contributed by atoms with Crippen LogP contribution in [0.4, 0.5) is 5.13 Å². The van der Waals surface area contributed by atoms with E-state index in [-0.39, 0.29) is 6.04 Å². The summed E-state index contributed by atoms with van der Waals surface area (Å²) in [4.78, 5) is 4.22. The second kappa shape index (κ2) is 4.53. The summed E-state index contributed by atoms with van der Waals surface area (Å²) in [5, 5.41) is 4.13. The third-order valence-corrected chi connectivity index (χ3v) is 2.63. The van der Waals surface area contributed by atoms with Gasteiger partial charge in [0.2, 0.25) is 5.13 Å². The van der Waals surface area contributed by atoms with Crippen molar-refractivity contribution in [2.24, 2.45) is 11.7 Å². The summed E-state index contributed by atoms with van der Waals surface area (Å²) in [6.07, 6.45) is 0. The summed E-state index contributed by atoms with van der Waals surface area (Å²) in [5.41, 5.74) is 5.62. The van der Waals surface area contributed by atoms with Crippen molar-refractivity contribution in [3.8, 4) is 0 Å². The number of nitrogens with two attached hydrogens (primary N) is 1. The smallest absolute Gasteiger partial charge is 0.202 e. The Bertz CT molecular complexity index is 258. The number of aromatic nitrogens is 2. The second-order valence-electron chi connectivity index (χ2n) is 3.38. The van der Waals surface area contributed by atoms with Crippen LogP contribution in [0, 0.1) is 12.8 Å². The Morgan fingerprint density at radius 2 is 2.23 bits per heavy atom. The van der Waals surface area contributed by atoms with E-state index >= 15 is 0 Å². The average molecular weight is 200 g/mol. The Morgan fingerprint density at radius 1 is 1.54 bits per heavy atom. The van der Waals surface area contributed by atoms with Gasteiger partial charge in [-0.3, -0.25) is 0 Å². The fourth-order valence-corrected chi connectivity index (χ4v) is 1.65. The highest BCUT2D eigenvalue weighted by atomic mass is 32.1. The molecule has 0 aromatic carbocycles. The maximum atomic E-state index is 5.62. The molecule has 0 aliphatic heterocycles. The topological polar surface area (TPSA) is 63.8 Å². The van der Waals surface area contributed by atoms with Crippen LogP contribution in [0.3, 0.4) is 0 Å². The molecule has 1 rings (SSSR count). The number of rotatable bonds is 4. The first kappa shape index (κ1) is 10.4. The van der Waals surface area contributed by atoms with E-state index in [1.807, 2.05) is 6.92 Å². The summed E-state index contributed by atoms with van der Waals surface area (Å²) >= 11 is 1.38. The van der Waals surface area contributed by atoms with Crippen LogP contribution >= 0.6 is 11.5 Å². The van der Waals surface area contributed by atoms with Crippen molar-refractivity contribution in [2.45, 2.75) is 26.8 Å². The van der Waals surface area contributed by atoms with Crippen molar-refractivity contribution in [2.75, 3.05) is 11.9 Å².